The summed E-state index contributed by atoms with van der Waals surface area (Å²) in [6, 6.07) is 4.07. The highest BCUT2D eigenvalue weighted by Gasteiger charge is 2.13. The van der Waals surface area contributed by atoms with Crippen molar-refractivity contribution in [2.75, 3.05) is 12.4 Å². The Bertz CT molecular complexity index is 560. The highest BCUT2D eigenvalue weighted by atomic mass is 32.1. The van der Waals surface area contributed by atoms with E-state index < -0.39 is 4.92 Å². The average Bonchev–Trinajstić information content (AvgIpc) is 2.37. The van der Waals surface area contributed by atoms with Crippen molar-refractivity contribution in [2.45, 2.75) is 20.3 Å². The maximum Gasteiger partial charge on any atom is 0.273 e. The molecule has 1 aromatic rings. The van der Waals surface area contributed by atoms with E-state index >= 15 is 0 Å². The molecule has 0 radical (unpaired) electrons. The van der Waals surface area contributed by atoms with E-state index in [2.05, 4.69) is 10.6 Å². The maximum atomic E-state index is 11.6. The first-order valence-corrected chi connectivity index (χ1v) is 6.67. The predicted molar refractivity (Wildman–Crippen MR) is 83.5 cm³/mol. The van der Waals surface area contributed by atoms with Crippen LogP contribution in [0.15, 0.2) is 18.2 Å². The van der Waals surface area contributed by atoms with Gasteiger partial charge in [-0.05, 0) is 24.2 Å². The van der Waals surface area contributed by atoms with Crippen LogP contribution in [0.2, 0.25) is 0 Å². The van der Waals surface area contributed by atoms with Gasteiger partial charge in [-0.25, -0.2) is 0 Å². The van der Waals surface area contributed by atoms with Crippen molar-refractivity contribution in [3.63, 3.8) is 0 Å². The van der Waals surface area contributed by atoms with Gasteiger partial charge in [-0.1, -0.05) is 13.8 Å². The van der Waals surface area contributed by atoms with Gasteiger partial charge in [0.1, 0.15) is 5.75 Å². The van der Waals surface area contributed by atoms with Crippen LogP contribution in [0.1, 0.15) is 20.3 Å². The SMILES string of the molecule is COc1cc([N+](=O)[O-])ccc1NC(=S)NC(=O)CC(C)C. The molecule has 1 amide bonds. The molecule has 0 aliphatic rings. The van der Waals surface area contributed by atoms with Crippen LogP contribution in [0.3, 0.4) is 0 Å². The molecular weight excluding hydrogens is 294 g/mol. The zero-order valence-electron chi connectivity index (χ0n) is 12.0. The topological polar surface area (TPSA) is 93.5 Å². The lowest BCUT2D eigenvalue weighted by molar-refractivity contribution is -0.384. The summed E-state index contributed by atoms with van der Waals surface area (Å²) in [6.07, 6.45) is 0.360. The second-order valence-corrected chi connectivity index (χ2v) is 5.15. The number of hydrogen-bond donors (Lipinski definition) is 2. The summed E-state index contributed by atoms with van der Waals surface area (Å²) in [7, 11) is 1.39. The van der Waals surface area contributed by atoms with Crippen molar-refractivity contribution in [3.05, 3.63) is 28.3 Å². The molecule has 21 heavy (non-hydrogen) atoms. The number of amides is 1. The van der Waals surface area contributed by atoms with E-state index in [1.54, 1.807) is 0 Å². The lowest BCUT2D eigenvalue weighted by Gasteiger charge is -2.13. The number of hydrogen-bond acceptors (Lipinski definition) is 5. The molecule has 1 rings (SSSR count). The molecule has 0 atom stereocenters. The molecule has 7 nitrogen and oxygen atoms in total. The van der Waals surface area contributed by atoms with Crippen LogP contribution in [0.4, 0.5) is 11.4 Å². The fraction of sp³-hybridized carbons (Fsp3) is 0.385. The summed E-state index contributed by atoms with van der Waals surface area (Å²) in [4.78, 5) is 21.8. The summed E-state index contributed by atoms with van der Waals surface area (Å²) >= 11 is 5.02. The number of rotatable bonds is 5. The van der Waals surface area contributed by atoms with Gasteiger partial charge in [-0.2, -0.15) is 0 Å². The number of carbonyl (C=O) groups excluding carboxylic acids is 1. The third kappa shape index (κ3) is 5.35. The Morgan fingerprint density at radius 1 is 1.48 bits per heavy atom. The number of anilines is 1. The molecule has 0 saturated carbocycles. The number of non-ortho nitro benzene ring substituents is 1. The van der Waals surface area contributed by atoms with E-state index in [4.69, 9.17) is 17.0 Å². The van der Waals surface area contributed by atoms with Crippen molar-refractivity contribution >= 4 is 34.6 Å². The van der Waals surface area contributed by atoms with Crippen LogP contribution in [-0.4, -0.2) is 23.1 Å². The molecule has 0 bridgehead atoms. The lowest BCUT2D eigenvalue weighted by atomic mass is 10.1. The quantitative estimate of drug-likeness (QED) is 0.493. The Labute approximate surface area is 127 Å². The van der Waals surface area contributed by atoms with Gasteiger partial charge in [0.2, 0.25) is 5.91 Å². The maximum absolute atomic E-state index is 11.6. The molecule has 0 aliphatic heterocycles. The number of nitro benzene ring substituents is 1. The molecule has 0 spiro atoms. The Hall–Kier alpha value is -2.22. The number of nitrogens with zero attached hydrogens (tertiary/aromatic N) is 1. The van der Waals surface area contributed by atoms with Crippen molar-refractivity contribution in [3.8, 4) is 5.75 Å². The van der Waals surface area contributed by atoms with Crippen molar-refractivity contribution in [1.29, 1.82) is 0 Å². The number of nitro groups is 1. The lowest BCUT2D eigenvalue weighted by Crippen LogP contribution is -2.34. The molecule has 114 valence electrons. The molecule has 2 N–H and O–H groups in total. The fourth-order valence-electron chi connectivity index (χ4n) is 1.60. The molecule has 0 unspecified atom stereocenters. The van der Waals surface area contributed by atoms with Crippen LogP contribution in [0.5, 0.6) is 5.75 Å². The van der Waals surface area contributed by atoms with Crippen LogP contribution >= 0.6 is 12.2 Å². The average molecular weight is 311 g/mol. The van der Waals surface area contributed by atoms with Gasteiger partial charge in [0, 0.05) is 12.5 Å². The molecule has 0 heterocycles. The summed E-state index contributed by atoms with van der Waals surface area (Å²) in [5, 5.41) is 16.1. The predicted octanol–water partition coefficient (Wildman–Crippen LogP) is 2.46. The standard InChI is InChI=1S/C13H17N3O4S/c1-8(2)6-12(17)15-13(21)14-10-5-4-9(16(18)19)7-11(10)20-3/h4-5,7-8H,6H2,1-3H3,(H2,14,15,17,21). The van der Waals surface area contributed by atoms with Crippen LogP contribution < -0.4 is 15.4 Å². The summed E-state index contributed by atoms with van der Waals surface area (Å²) in [6.45, 7) is 3.85. The summed E-state index contributed by atoms with van der Waals surface area (Å²) in [5.74, 6) is 0.301. The number of carbonyl (C=O) groups is 1. The zero-order valence-corrected chi connectivity index (χ0v) is 12.8. The summed E-state index contributed by atoms with van der Waals surface area (Å²) < 4.78 is 5.07. The molecular formula is C13H17N3O4S. The Kier molecular flexibility index (Phi) is 6.04. The van der Waals surface area contributed by atoms with Crippen LogP contribution in [0, 0.1) is 16.0 Å². The molecule has 0 fully saturated rings. The van der Waals surface area contributed by atoms with Gasteiger partial charge in [0.05, 0.1) is 23.8 Å². The van der Waals surface area contributed by atoms with Crippen LogP contribution in [-0.2, 0) is 4.79 Å². The number of methoxy groups -OCH3 is 1. The Balaban J connectivity index is 2.76. The number of nitrogens with one attached hydrogen (secondary N) is 2. The minimum Gasteiger partial charge on any atom is -0.494 e. The van der Waals surface area contributed by atoms with E-state index in [1.807, 2.05) is 13.8 Å². The van der Waals surface area contributed by atoms with Crippen molar-refractivity contribution < 1.29 is 14.5 Å². The monoisotopic (exact) mass is 311 g/mol. The first kappa shape index (κ1) is 16.8. The first-order valence-electron chi connectivity index (χ1n) is 6.26. The highest BCUT2D eigenvalue weighted by Crippen LogP contribution is 2.28. The number of benzene rings is 1. The van der Waals surface area contributed by atoms with Gasteiger partial charge in [0.15, 0.2) is 5.11 Å². The van der Waals surface area contributed by atoms with Gasteiger partial charge in [0.25, 0.3) is 5.69 Å². The highest BCUT2D eigenvalue weighted by molar-refractivity contribution is 7.80. The first-order chi connectivity index (χ1) is 9.83. The van der Waals surface area contributed by atoms with Crippen molar-refractivity contribution in [1.82, 2.24) is 5.32 Å². The van der Waals surface area contributed by atoms with E-state index in [1.165, 1.54) is 25.3 Å². The Morgan fingerprint density at radius 2 is 2.14 bits per heavy atom. The number of thiocarbonyl (C=S) groups is 1. The summed E-state index contributed by atoms with van der Waals surface area (Å²) in [5.41, 5.74) is 0.352. The molecule has 1 aromatic carbocycles. The Morgan fingerprint density at radius 3 is 2.67 bits per heavy atom. The van der Waals surface area contributed by atoms with Gasteiger partial charge >= 0.3 is 0 Å². The van der Waals surface area contributed by atoms with E-state index in [0.29, 0.717) is 12.1 Å². The van der Waals surface area contributed by atoms with E-state index in [-0.39, 0.29) is 28.4 Å². The van der Waals surface area contributed by atoms with Gasteiger partial charge in [-0.15, -0.1) is 0 Å². The zero-order chi connectivity index (χ0) is 16.0. The second kappa shape index (κ2) is 7.53. The van der Waals surface area contributed by atoms with E-state index in [0.717, 1.165) is 0 Å². The third-order valence-corrected chi connectivity index (χ3v) is 2.69. The van der Waals surface area contributed by atoms with Crippen LogP contribution in [0.25, 0.3) is 0 Å². The molecule has 8 heteroatoms. The van der Waals surface area contributed by atoms with Crippen molar-refractivity contribution in [2.24, 2.45) is 5.92 Å². The second-order valence-electron chi connectivity index (χ2n) is 4.74. The molecule has 0 saturated heterocycles. The molecule has 0 aliphatic carbocycles. The minimum absolute atomic E-state index is 0.0906. The number of ether oxygens (including phenoxy) is 1. The smallest absolute Gasteiger partial charge is 0.273 e. The van der Waals surface area contributed by atoms with Gasteiger partial charge < -0.3 is 15.4 Å². The minimum atomic E-state index is -0.519. The molecule has 0 aromatic heterocycles. The third-order valence-electron chi connectivity index (χ3n) is 2.49. The fourth-order valence-corrected chi connectivity index (χ4v) is 1.82. The normalized spacial score (nSPS) is 10.1. The van der Waals surface area contributed by atoms with E-state index in [9.17, 15) is 14.9 Å². The van der Waals surface area contributed by atoms with Gasteiger partial charge in [-0.3, -0.25) is 14.9 Å². The largest absolute Gasteiger partial charge is 0.494 e.